The Balaban J connectivity index is 2.51. The maximum atomic E-state index is 12.7. The Morgan fingerprint density at radius 1 is 1.62 bits per heavy atom. The van der Waals surface area contributed by atoms with Gasteiger partial charge in [0.25, 0.3) is 5.91 Å². The highest BCUT2D eigenvalue weighted by Crippen LogP contribution is 2.24. The highest BCUT2D eigenvalue weighted by atomic mass is 32.1. The molecule has 13 heavy (non-hydrogen) atoms. The smallest absolute Gasteiger partial charge is 0.267 e. The average molecular weight is 198 g/mol. The summed E-state index contributed by atoms with van der Waals surface area (Å²) in [5.41, 5.74) is 1.13. The molecule has 3 nitrogen and oxygen atoms in total. The van der Waals surface area contributed by atoms with Gasteiger partial charge in [-0.3, -0.25) is 4.79 Å². The third kappa shape index (κ3) is 1.31. The van der Waals surface area contributed by atoms with Crippen molar-refractivity contribution in [3.05, 3.63) is 23.0 Å². The Morgan fingerprint density at radius 2 is 2.38 bits per heavy atom. The minimum absolute atomic E-state index is 0.191. The molecule has 0 saturated carbocycles. The van der Waals surface area contributed by atoms with E-state index in [1.807, 2.05) is 0 Å². The second-order valence-corrected chi connectivity index (χ2v) is 3.62. The fraction of sp³-hybridized carbons (Fsp3) is 0.125. The van der Waals surface area contributed by atoms with Crippen LogP contribution in [0.4, 0.5) is 4.39 Å². The lowest BCUT2D eigenvalue weighted by molar-refractivity contribution is 0.0959. The van der Waals surface area contributed by atoms with Crippen molar-refractivity contribution in [3.63, 3.8) is 0 Å². The van der Waals surface area contributed by atoms with E-state index < -0.39 is 0 Å². The fourth-order valence-electron chi connectivity index (χ4n) is 1.15. The predicted octanol–water partition coefficient (Wildman–Crippen LogP) is 1.73. The van der Waals surface area contributed by atoms with E-state index in [1.54, 1.807) is 13.1 Å². The van der Waals surface area contributed by atoms with Gasteiger partial charge in [-0.25, -0.2) is 0 Å². The summed E-state index contributed by atoms with van der Waals surface area (Å²) in [6.45, 7) is 0. The molecule has 0 radical (unpaired) electrons. The van der Waals surface area contributed by atoms with Crippen LogP contribution in [-0.4, -0.2) is 17.9 Å². The maximum absolute atomic E-state index is 12.7. The summed E-state index contributed by atoms with van der Waals surface area (Å²) in [7, 11) is 1.55. The number of hydrogen-bond donors (Lipinski definition) is 2. The third-order valence-corrected chi connectivity index (χ3v) is 2.62. The van der Waals surface area contributed by atoms with Crippen LogP contribution in [0.5, 0.6) is 0 Å². The molecule has 0 aromatic carbocycles. The van der Waals surface area contributed by atoms with E-state index in [9.17, 15) is 9.18 Å². The normalized spacial score (nSPS) is 10.6. The van der Waals surface area contributed by atoms with E-state index in [0.29, 0.717) is 11.2 Å². The van der Waals surface area contributed by atoms with Crippen molar-refractivity contribution in [2.24, 2.45) is 0 Å². The SMILES string of the molecule is CNC(=O)c1cc2sc(F)cc2[nH]1. The number of thiophene rings is 1. The Morgan fingerprint density at radius 3 is 3.00 bits per heavy atom. The lowest BCUT2D eigenvalue weighted by Crippen LogP contribution is -2.17. The molecule has 1 amide bonds. The number of aromatic nitrogens is 1. The molecule has 2 aromatic rings. The minimum atomic E-state index is -0.246. The molecule has 0 atom stereocenters. The number of rotatable bonds is 1. The number of carbonyl (C=O) groups is 1. The lowest BCUT2D eigenvalue weighted by Gasteiger charge is -1.92. The standard InChI is InChI=1S/C8H7FN2OS/c1-10-8(12)5-2-6-4(11-5)3-7(9)13-6/h2-3,11H,1H3,(H,10,12). The number of nitrogens with one attached hydrogen (secondary N) is 2. The quantitative estimate of drug-likeness (QED) is 0.720. The zero-order valence-electron chi connectivity index (χ0n) is 6.85. The molecule has 68 valence electrons. The molecule has 0 bridgehead atoms. The highest BCUT2D eigenvalue weighted by molar-refractivity contribution is 7.17. The first-order valence-corrected chi connectivity index (χ1v) is 4.52. The molecule has 0 aliphatic heterocycles. The van der Waals surface area contributed by atoms with E-state index in [-0.39, 0.29) is 11.0 Å². The van der Waals surface area contributed by atoms with Gasteiger partial charge in [0.1, 0.15) is 5.69 Å². The number of amides is 1. The Kier molecular flexibility index (Phi) is 1.81. The number of fused-ring (bicyclic) bond motifs is 1. The van der Waals surface area contributed by atoms with Gasteiger partial charge in [-0.15, -0.1) is 11.3 Å². The maximum Gasteiger partial charge on any atom is 0.267 e. The van der Waals surface area contributed by atoms with Crippen molar-refractivity contribution in [2.45, 2.75) is 0 Å². The molecule has 2 heterocycles. The van der Waals surface area contributed by atoms with Gasteiger partial charge >= 0.3 is 0 Å². The predicted molar refractivity (Wildman–Crippen MR) is 49.5 cm³/mol. The van der Waals surface area contributed by atoms with Crippen molar-refractivity contribution >= 4 is 27.5 Å². The van der Waals surface area contributed by atoms with Crippen molar-refractivity contribution in [3.8, 4) is 0 Å². The van der Waals surface area contributed by atoms with Crippen molar-refractivity contribution < 1.29 is 9.18 Å². The molecule has 2 aromatic heterocycles. The second-order valence-electron chi connectivity index (χ2n) is 2.59. The van der Waals surface area contributed by atoms with Gasteiger partial charge < -0.3 is 10.3 Å². The van der Waals surface area contributed by atoms with Gasteiger partial charge in [-0.05, 0) is 6.07 Å². The van der Waals surface area contributed by atoms with Crippen LogP contribution >= 0.6 is 11.3 Å². The lowest BCUT2D eigenvalue weighted by atomic mass is 10.4. The van der Waals surface area contributed by atoms with E-state index in [0.717, 1.165) is 16.0 Å². The van der Waals surface area contributed by atoms with Crippen LogP contribution in [0.25, 0.3) is 10.2 Å². The fourth-order valence-corrected chi connectivity index (χ4v) is 1.93. The van der Waals surface area contributed by atoms with Gasteiger partial charge in [-0.2, -0.15) is 4.39 Å². The molecule has 0 spiro atoms. The summed E-state index contributed by atoms with van der Waals surface area (Å²) in [6.07, 6.45) is 0. The summed E-state index contributed by atoms with van der Waals surface area (Å²) in [4.78, 5) is 14.0. The molecule has 0 fully saturated rings. The van der Waals surface area contributed by atoms with Crippen LogP contribution in [0.1, 0.15) is 10.5 Å². The molecule has 0 unspecified atom stereocenters. The van der Waals surface area contributed by atoms with Crippen LogP contribution in [0.3, 0.4) is 0 Å². The van der Waals surface area contributed by atoms with Gasteiger partial charge in [0.05, 0.1) is 10.2 Å². The Labute approximate surface area is 77.6 Å². The summed E-state index contributed by atoms with van der Waals surface area (Å²) in [5, 5.41) is 2.24. The minimum Gasteiger partial charge on any atom is -0.354 e. The number of halogens is 1. The zero-order chi connectivity index (χ0) is 9.42. The summed E-state index contributed by atoms with van der Waals surface area (Å²) >= 11 is 1.02. The average Bonchev–Trinajstić information content (AvgIpc) is 2.59. The van der Waals surface area contributed by atoms with Crippen molar-refractivity contribution in [1.29, 1.82) is 0 Å². The largest absolute Gasteiger partial charge is 0.354 e. The van der Waals surface area contributed by atoms with Crippen LogP contribution in [0, 0.1) is 5.13 Å². The summed E-state index contributed by atoms with van der Waals surface area (Å²) < 4.78 is 13.4. The van der Waals surface area contributed by atoms with Gasteiger partial charge in [0.2, 0.25) is 0 Å². The first-order valence-electron chi connectivity index (χ1n) is 3.71. The molecule has 0 aliphatic carbocycles. The number of aromatic amines is 1. The second kappa shape index (κ2) is 2.85. The van der Waals surface area contributed by atoms with E-state index >= 15 is 0 Å². The first-order chi connectivity index (χ1) is 6.20. The molecular formula is C8H7FN2OS. The molecular weight excluding hydrogens is 191 g/mol. The Hall–Kier alpha value is -1.36. The molecule has 2 rings (SSSR count). The van der Waals surface area contributed by atoms with Crippen LogP contribution in [-0.2, 0) is 0 Å². The van der Waals surface area contributed by atoms with Gasteiger partial charge in [0, 0.05) is 13.1 Å². The molecule has 0 aliphatic rings. The van der Waals surface area contributed by atoms with E-state index in [2.05, 4.69) is 10.3 Å². The van der Waals surface area contributed by atoms with Gasteiger partial charge in [-0.1, -0.05) is 0 Å². The van der Waals surface area contributed by atoms with E-state index in [4.69, 9.17) is 0 Å². The Bertz CT molecular complexity index is 428. The van der Waals surface area contributed by atoms with Gasteiger partial charge in [0.15, 0.2) is 5.13 Å². The van der Waals surface area contributed by atoms with Crippen molar-refractivity contribution in [1.82, 2.24) is 10.3 Å². The number of hydrogen-bond acceptors (Lipinski definition) is 2. The van der Waals surface area contributed by atoms with Crippen LogP contribution in [0.15, 0.2) is 12.1 Å². The zero-order valence-corrected chi connectivity index (χ0v) is 7.67. The topological polar surface area (TPSA) is 44.9 Å². The molecule has 5 heteroatoms. The first kappa shape index (κ1) is 8.25. The van der Waals surface area contributed by atoms with Crippen LogP contribution < -0.4 is 5.32 Å². The number of H-pyrrole nitrogens is 1. The highest BCUT2D eigenvalue weighted by Gasteiger charge is 2.09. The van der Waals surface area contributed by atoms with Crippen molar-refractivity contribution in [2.75, 3.05) is 7.05 Å². The van der Waals surface area contributed by atoms with E-state index in [1.165, 1.54) is 6.07 Å². The summed E-state index contributed by atoms with van der Waals surface area (Å²) in [5.74, 6) is -0.191. The summed E-state index contributed by atoms with van der Waals surface area (Å²) in [6, 6.07) is 3.02. The molecule has 2 N–H and O–H groups in total. The third-order valence-electron chi connectivity index (χ3n) is 1.75. The molecule has 0 saturated heterocycles. The van der Waals surface area contributed by atoms with Crippen LogP contribution in [0.2, 0.25) is 0 Å². The monoisotopic (exact) mass is 198 g/mol. The number of carbonyl (C=O) groups excluding carboxylic acids is 1.